The molecule has 0 aromatic heterocycles. The minimum absolute atomic E-state index is 0.394. The Morgan fingerprint density at radius 1 is 1.26 bits per heavy atom. The second kappa shape index (κ2) is 6.33. The van der Waals surface area contributed by atoms with E-state index in [2.05, 4.69) is 24.1 Å². The number of nitrogens with zero attached hydrogens (tertiary/aromatic N) is 1. The van der Waals surface area contributed by atoms with Gasteiger partial charge in [-0.1, -0.05) is 43.2 Å². The average molecular weight is 259 g/mol. The quantitative estimate of drug-likeness (QED) is 0.731. The van der Waals surface area contributed by atoms with E-state index in [1.807, 2.05) is 25.1 Å². The molecule has 0 radical (unpaired) electrons. The molecule has 1 fully saturated rings. The second-order valence-electron chi connectivity index (χ2n) is 6.25. The SMILES string of the molecule is CN(CC1CCCC1)CC(C)(C=O)c1ccccc1. The molecule has 1 aliphatic carbocycles. The summed E-state index contributed by atoms with van der Waals surface area (Å²) < 4.78 is 0. The summed E-state index contributed by atoms with van der Waals surface area (Å²) in [5.41, 5.74) is 0.720. The van der Waals surface area contributed by atoms with Gasteiger partial charge < -0.3 is 9.69 Å². The van der Waals surface area contributed by atoms with Crippen molar-refractivity contribution in [3.63, 3.8) is 0 Å². The molecule has 0 heterocycles. The number of carbonyl (C=O) groups is 1. The van der Waals surface area contributed by atoms with Gasteiger partial charge in [-0.25, -0.2) is 0 Å². The molecule has 0 spiro atoms. The van der Waals surface area contributed by atoms with Crippen LogP contribution in [0.4, 0.5) is 0 Å². The van der Waals surface area contributed by atoms with Crippen LogP contribution in [0.5, 0.6) is 0 Å². The highest BCUT2D eigenvalue weighted by molar-refractivity contribution is 5.68. The number of hydrogen-bond acceptors (Lipinski definition) is 2. The fourth-order valence-electron chi connectivity index (χ4n) is 3.27. The van der Waals surface area contributed by atoms with Crippen LogP contribution in [0.15, 0.2) is 30.3 Å². The molecule has 2 heteroatoms. The van der Waals surface area contributed by atoms with Gasteiger partial charge in [0.15, 0.2) is 0 Å². The summed E-state index contributed by atoms with van der Waals surface area (Å²) in [6.07, 6.45) is 6.57. The van der Waals surface area contributed by atoms with Crippen molar-refractivity contribution in [2.24, 2.45) is 5.92 Å². The van der Waals surface area contributed by atoms with Crippen LogP contribution in [-0.4, -0.2) is 31.3 Å². The molecule has 1 aliphatic rings. The lowest BCUT2D eigenvalue weighted by molar-refractivity contribution is -0.112. The van der Waals surface area contributed by atoms with Crippen molar-refractivity contribution in [3.05, 3.63) is 35.9 Å². The smallest absolute Gasteiger partial charge is 0.131 e. The number of aldehydes is 1. The van der Waals surface area contributed by atoms with E-state index in [0.29, 0.717) is 0 Å². The first-order valence-corrected chi connectivity index (χ1v) is 7.34. The highest BCUT2D eigenvalue weighted by Gasteiger charge is 2.28. The van der Waals surface area contributed by atoms with Crippen LogP contribution in [0.2, 0.25) is 0 Å². The molecule has 1 aromatic rings. The zero-order valence-electron chi connectivity index (χ0n) is 12.1. The Hall–Kier alpha value is -1.15. The molecule has 1 aromatic carbocycles. The summed E-state index contributed by atoms with van der Waals surface area (Å²) in [4.78, 5) is 13.9. The molecule has 104 valence electrons. The largest absolute Gasteiger partial charge is 0.305 e. The number of carbonyl (C=O) groups excluding carboxylic acids is 1. The van der Waals surface area contributed by atoms with Gasteiger partial charge in [-0.05, 0) is 38.3 Å². The zero-order valence-corrected chi connectivity index (χ0v) is 12.1. The Balaban J connectivity index is 1.99. The minimum atomic E-state index is -0.394. The standard InChI is InChI=1S/C17H25NO/c1-17(14-19,16-10-4-3-5-11-16)13-18(2)12-15-8-6-7-9-15/h3-5,10-11,14-15H,6-9,12-13H2,1-2H3. The van der Waals surface area contributed by atoms with Gasteiger partial charge >= 0.3 is 0 Å². The third-order valence-electron chi connectivity index (χ3n) is 4.34. The monoisotopic (exact) mass is 259 g/mol. The molecule has 19 heavy (non-hydrogen) atoms. The summed E-state index contributed by atoms with van der Waals surface area (Å²) in [6.45, 7) is 3.97. The zero-order chi connectivity index (χ0) is 13.7. The van der Waals surface area contributed by atoms with E-state index in [0.717, 1.165) is 30.9 Å². The van der Waals surface area contributed by atoms with Gasteiger partial charge in [-0.2, -0.15) is 0 Å². The lowest BCUT2D eigenvalue weighted by atomic mass is 9.83. The Labute approximate surface area is 116 Å². The fraction of sp³-hybridized carbons (Fsp3) is 0.588. The van der Waals surface area contributed by atoms with E-state index in [-0.39, 0.29) is 0 Å². The maximum absolute atomic E-state index is 11.6. The Morgan fingerprint density at radius 2 is 1.89 bits per heavy atom. The van der Waals surface area contributed by atoms with Gasteiger partial charge in [0.1, 0.15) is 6.29 Å². The average Bonchev–Trinajstić information content (AvgIpc) is 2.92. The fourth-order valence-corrected chi connectivity index (χ4v) is 3.27. The topological polar surface area (TPSA) is 20.3 Å². The minimum Gasteiger partial charge on any atom is -0.305 e. The van der Waals surface area contributed by atoms with Crippen molar-refractivity contribution in [3.8, 4) is 0 Å². The van der Waals surface area contributed by atoms with E-state index in [9.17, 15) is 4.79 Å². The summed E-state index contributed by atoms with van der Waals surface area (Å²) in [7, 11) is 2.14. The molecule has 1 unspecified atom stereocenters. The van der Waals surface area contributed by atoms with Gasteiger partial charge in [0, 0.05) is 13.1 Å². The molecule has 0 aliphatic heterocycles. The molecular formula is C17H25NO. The molecule has 2 rings (SSSR count). The molecule has 0 bridgehead atoms. The Kier molecular flexibility index (Phi) is 4.76. The van der Waals surface area contributed by atoms with Crippen LogP contribution in [0.25, 0.3) is 0 Å². The van der Waals surface area contributed by atoms with Crippen molar-refractivity contribution in [1.82, 2.24) is 4.90 Å². The van der Waals surface area contributed by atoms with Gasteiger partial charge in [-0.3, -0.25) is 0 Å². The van der Waals surface area contributed by atoms with Crippen LogP contribution in [0.1, 0.15) is 38.2 Å². The third-order valence-corrected chi connectivity index (χ3v) is 4.34. The molecular weight excluding hydrogens is 234 g/mol. The van der Waals surface area contributed by atoms with E-state index >= 15 is 0 Å². The normalized spacial score (nSPS) is 19.5. The van der Waals surface area contributed by atoms with Crippen LogP contribution in [0, 0.1) is 5.92 Å². The number of benzene rings is 1. The van der Waals surface area contributed by atoms with Gasteiger partial charge in [0.2, 0.25) is 0 Å². The predicted octanol–water partition coefficient (Wildman–Crippen LogP) is 3.27. The van der Waals surface area contributed by atoms with E-state index < -0.39 is 5.41 Å². The molecule has 1 atom stereocenters. The number of rotatable bonds is 6. The summed E-state index contributed by atoms with van der Waals surface area (Å²) in [5.74, 6) is 0.830. The highest BCUT2D eigenvalue weighted by Crippen LogP contribution is 2.27. The Morgan fingerprint density at radius 3 is 2.47 bits per heavy atom. The van der Waals surface area contributed by atoms with Crippen LogP contribution in [-0.2, 0) is 10.2 Å². The van der Waals surface area contributed by atoms with Crippen LogP contribution < -0.4 is 0 Å². The maximum atomic E-state index is 11.6. The summed E-state index contributed by atoms with van der Waals surface area (Å²) in [6, 6.07) is 10.1. The second-order valence-corrected chi connectivity index (χ2v) is 6.25. The summed E-state index contributed by atoms with van der Waals surface area (Å²) >= 11 is 0. The van der Waals surface area contributed by atoms with E-state index in [4.69, 9.17) is 0 Å². The van der Waals surface area contributed by atoms with Gasteiger partial charge in [0.05, 0.1) is 5.41 Å². The van der Waals surface area contributed by atoms with Crippen LogP contribution >= 0.6 is 0 Å². The van der Waals surface area contributed by atoms with Crippen molar-refractivity contribution < 1.29 is 4.79 Å². The first-order valence-electron chi connectivity index (χ1n) is 7.34. The van der Waals surface area contributed by atoms with Crippen molar-refractivity contribution >= 4 is 6.29 Å². The molecule has 2 nitrogen and oxygen atoms in total. The van der Waals surface area contributed by atoms with Crippen LogP contribution in [0.3, 0.4) is 0 Å². The third kappa shape index (κ3) is 3.66. The molecule has 0 N–H and O–H groups in total. The van der Waals surface area contributed by atoms with Crippen molar-refractivity contribution in [1.29, 1.82) is 0 Å². The predicted molar refractivity (Wildman–Crippen MR) is 79.3 cm³/mol. The molecule has 0 saturated heterocycles. The van der Waals surface area contributed by atoms with Gasteiger partial charge in [0.25, 0.3) is 0 Å². The molecule has 1 saturated carbocycles. The lowest BCUT2D eigenvalue weighted by Crippen LogP contribution is -2.40. The number of likely N-dealkylation sites (N-methyl/N-ethyl adjacent to an activating group) is 1. The molecule has 0 amide bonds. The van der Waals surface area contributed by atoms with Crippen molar-refractivity contribution in [2.45, 2.75) is 38.0 Å². The number of hydrogen-bond donors (Lipinski definition) is 0. The Bertz CT molecular complexity index is 397. The first-order chi connectivity index (χ1) is 9.14. The van der Waals surface area contributed by atoms with Crippen molar-refractivity contribution in [2.75, 3.05) is 20.1 Å². The first kappa shape index (κ1) is 14.3. The van der Waals surface area contributed by atoms with E-state index in [1.165, 1.54) is 25.7 Å². The highest BCUT2D eigenvalue weighted by atomic mass is 16.1. The maximum Gasteiger partial charge on any atom is 0.131 e. The summed E-state index contributed by atoms with van der Waals surface area (Å²) in [5, 5.41) is 0. The van der Waals surface area contributed by atoms with E-state index in [1.54, 1.807) is 0 Å². The van der Waals surface area contributed by atoms with Gasteiger partial charge in [-0.15, -0.1) is 0 Å². The lowest BCUT2D eigenvalue weighted by Gasteiger charge is -2.31.